The Morgan fingerprint density at radius 3 is 2.62 bits per heavy atom. The van der Waals surface area contributed by atoms with E-state index in [9.17, 15) is 9.90 Å². The van der Waals surface area contributed by atoms with Crippen LogP contribution in [-0.4, -0.2) is 29.4 Å². The van der Waals surface area contributed by atoms with E-state index in [2.05, 4.69) is 11.1 Å². The normalized spacial score (nSPS) is 23.0. The Hall–Kier alpha value is -3.33. The Labute approximate surface area is 169 Å². The minimum Gasteiger partial charge on any atom is -0.492 e. The predicted molar refractivity (Wildman–Crippen MR) is 108 cm³/mol. The zero-order valence-corrected chi connectivity index (χ0v) is 15.9. The van der Waals surface area contributed by atoms with Crippen LogP contribution in [0.3, 0.4) is 0 Å². The van der Waals surface area contributed by atoms with E-state index in [0.717, 1.165) is 17.0 Å². The van der Waals surface area contributed by atoms with Crippen molar-refractivity contribution in [3.8, 4) is 11.8 Å². The van der Waals surface area contributed by atoms with E-state index >= 15 is 0 Å². The van der Waals surface area contributed by atoms with Gasteiger partial charge in [0.15, 0.2) is 0 Å². The summed E-state index contributed by atoms with van der Waals surface area (Å²) in [5.74, 6) is 0.318. The standard InChI is InChI=1S/C23H21N3O3/c24-12-14-5-8-17(9-6-14)26-22(15-3-1-2-4-15)19-13-29-20-11-16(23(27)28)7-10-18(20)21(19)25-26/h5-11,15,19,22H,1-4,13H2,(H,27,28). The first kappa shape index (κ1) is 17.7. The second-order valence-electron chi connectivity index (χ2n) is 7.96. The molecule has 29 heavy (non-hydrogen) atoms. The van der Waals surface area contributed by atoms with Crippen molar-refractivity contribution in [3.63, 3.8) is 0 Å². The van der Waals surface area contributed by atoms with Gasteiger partial charge in [-0.3, -0.25) is 5.01 Å². The smallest absolute Gasteiger partial charge is 0.335 e. The zero-order chi connectivity index (χ0) is 20.0. The van der Waals surface area contributed by atoms with Gasteiger partial charge in [-0.05, 0) is 61.2 Å². The third-order valence-corrected chi connectivity index (χ3v) is 6.33. The Bertz CT molecular complexity index is 1030. The van der Waals surface area contributed by atoms with Gasteiger partial charge >= 0.3 is 5.97 Å². The molecule has 2 aromatic carbocycles. The lowest BCUT2D eigenvalue weighted by Gasteiger charge is -2.34. The molecular formula is C23H21N3O3. The van der Waals surface area contributed by atoms with E-state index in [1.165, 1.54) is 25.7 Å². The second-order valence-corrected chi connectivity index (χ2v) is 7.96. The summed E-state index contributed by atoms with van der Waals surface area (Å²) < 4.78 is 6.02. The van der Waals surface area contributed by atoms with Crippen LogP contribution in [0.15, 0.2) is 47.6 Å². The number of nitriles is 1. The van der Waals surface area contributed by atoms with Crippen molar-refractivity contribution in [2.24, 2.45) is 16.9 Å². The Morgan fingerprint density at radius 1 is 1.17 bits per heavy atom. The number of hydrazone groups is 1. The van der Waals surface area contributed by atoms with Gasteiger partial charge in [0.1, 0.15) is 5.75 Å². The number of benzene rings is 2. The first-order valence-corrected chi connectivity index (χ1v) is 10.0. The maximum absolute atomic E-state index is 11.3. The number of carboxylic acids is 1. The summed E-state index contributed by atoms with van der Waals surface area (Å²) in [6, 6.07) is 15.0. The Kier molecular flexibility index (Phi) is 4.24. The van der Waals surface area contributed by atoms with Crippen molar-refractivity contribution in [2.45, 2.75) is 31.7 Å². The molecule has 3 aliphatic rings. The van der Waals surface area contributed by atoms with Gasteiger partial charge < -0.3 is 9.84 Å². The summed E-state index contributed by atoms with van der Waals surface area (Å²) in [6.07, 6.45) is 4.84. The first-order valence-electron chi connectivity index (χ1n) is 10.0. The SMILES string of the molecule is N#Cc1ccc(N2N=C3c4ccc(C(=O)O)cc4OCC3C2C2CCCC2)cc1. The molecule has 146 valence electrons. The molecule has 1 aliphatic carbocycles. The highest BCUT2D eigenvalue weighted by Gasteiger charge is 2.46. The van der Waals surface area contributed by atoms with Gasteiger partial charge in [0.2, 0.25) is 0 Å². The highest BCUT2D eigenvalue weighted by molar-refractivity contribution is 6.08. The monoisotopic (exact) mass is 387 g/mol. The molecule has 6 heteroatoms. The van der Waals surface area contributed by atoms with Crippen LogP contribution in [0.1, 0.15) is 47.2 Å². The lowest BCUT2D eigenvalue weighted by atomic mass is 9.81. The molecule has 1 N–H and O–H groups in total. The van der Waals surface area contributed by atoms with Gasteiger partial charge in [-0.25, -0.2) is 4.79 Å². The Morgan fingerprint density at radius 2 is 1.93 bits per heavy atom. The third-order valence-electron chi connectivity index (χ3n) is 6.33. The molecule has 5 rings (SSSR count). The van der Waals surface area contributed by atoms with Crippen LogP contribution in [-0.2, 0) is 0 Å². The van der Waals surface area contributed by atoms with Crippen LogP contribution in [0.5, 0.6) is 5.75 Å². The summed E-state index contributed by atoms with van der Waals surface area (Å²) >= 11 is 0. The van der Waals surface area contributed by atoms with Crippen molar-refractivity contribution in [1.29, 1.82) is 5.26 Å². The molecule has 1 fully saturated rings. The average molecular weight is 387 g/mol. The fraction of sp³-hybridized carbons (Fsp3) is 0.348. The largest absolute Gasteiger partial charge is 0.492 e. The highest BCUT2D eigenvalue weighted by Crippen LogP contribution is 2.44. The molecule has 0 saturated heterocycles. The van der Waals surface area contributed by atoms with Crippen molar-refractivity contribution >= 4 is 17.4 Å². The van der Waals surface area contributed by atoms with Gasteiger partial charge in [0, 0.05) is 5.56 Å². The van der Waals surface area contributed by atoms with Crippen LogP contribution < -0.4 is 9.75 Å². The van der Waals surface area contributed by atoms with Crippen LogP contribution in [0.2, 0.25) is 0 Å². The quantitative estimate of drug-likeness (QED) is 0.859. The van der Waals surface area contributed by atoms with E-state index in [-0.39, 0.29) is 17.5 Å². The van der Waals surface area contributed by atoms with E-state index in [0.29, 0.717) is 23.8 Å². The van der Waals surface area contributed by atoms with Crippen molar-refractivity contribution < 1.29 is 14.6 Å². The predicted octanol–water partition coefficient (Wildman–Crippen LogP) is 4.05. The molecule has 0 amide bonds. The molecule has 2 heterocycles. The maximum atomic E-state index is 11.3. The van der Waals surface area contributed by atoms with Gasteiger partial charge in [-0.1, -0.05) is 12.8 Å². The Balaban J connectivity index is 1.57. The van der Waals surface area contributed by atoms with Gasteiger partial charge in [0.25, 0.3) is 0 Å². The summed E-state index contributed by atoms with van der Waals surface area (Å²) in [4.78, 5) is 11.3. The number of carboxylic acid groups (broad SMARTS) is 1. The number of anilines is 1. The summed E-state index contributed by atoms with van der Waals surface area (Å²) in [6.45, 7) is 0.503. The molecule has 2 unspecified atom stereocenters. The van der Waals surface area contributed by atoms with E-state index in [4.69, 9.17) is 15.1 Å². The van der Waals surface area contributed by atoms with Crippen molar-refractivity contribution in [3.05, 3.63) is 59.2 Å². The molecule has 1 saturated carbocycles. The number of hydrogen-bond donors (Lipinski definition) is 1. The summed E-state index contributed by atoms with van der Waals surface area (Å²) in [5.41, 5.74) is 3.68. The molecule has 0 radical (unpaired) electrons. The second kappa shape index (κ2) is 6.93. The molecular weight excluding hydrogens is 366 g/mol. The lowest BCUT2D eigenvalue weighted by molar-refractivity contribution is 0.0696. The number of hydrogen-bond acceptors (Lipinski definition) is 5. The van der Waals surface area contributed by atoms with E-state index in [1.54, 1.807) is 12.1 Å². The highest BCUT2D eigenvalue weighted by atomic mass is 16.5. The number of rotatable bonds is 3. The van der Waals surface area contributed by atoms with Gasteiger partial charge in [0.05, 0.1) is 47.2 Å². The first-order chi connectivity index (χ1) is 14.2. The van der Waals surface area contributed by atoms with Gasteiger partial charge in [-0.2, -0.15) is 10.4 Å². The number of carbonyl (C=O) groups is 1. The minimum atomic E-state index is -0.963. The molecule has 2 aliphatic heterocycles. The number of aromatic carboxylic acids is 1. The molecule has 0 bridgehead atoms. The van der Waals surface area contributed by atoms with Crippen LogP contribution in [0.25, 0.3) is 0 Å². The molecule has 0 aromatic heterocycles. The van der Waals surface area contributed by atoms with Crippen LogP contribution >= 0.6 is 0 Å². The average Bonchev–Trinajstić information content (AvgIpc) is 3.40. The van der Waals surface area contributed by atoms with Crippen LogP contribution in [0.4, 0.5) is 5.69 Å². The molecule has 0 spiro atoms. The fourth-order valence-corrected chi connectivity index (χ4v) is 4.93. The van der Waals surface area contributed by atoms with Crippen molar-refractivity contribution in [2.75, 3.05) is 11.6 Å². The van der Waals surface area contributed by atoms with E-state index in [1.807, 2.05) is 30.3 Å². The summed E-state index contributed by atoms with van der Waals surface area (Å²) in [7, 11) is 0. The number of fused-ring (bicyclic) bond motifs is 3. The zero-order valence-electron chi connectivity index (χ0n) is 15.9. The molecule has 2 atom stereocenters. The maximum Gasteiger partial charge on any atom is 0.335 e. The van der Waals surface area contributed by atoms with Crippen LogP contribution in [0, 0.1) is 23.2 Å². The third kappa shape index (κ3) is 2.94. The van der Waals surface area contributed by atoms with Crippen molar-refractivity contribution in [1.82, 2.24) is 0 Å². The molecule has 2 aromatic rings. The fourth-order valence-electron chi connectivity index (χ4n) is 4.93. The van der Waals surface area contributed by atoms with E-state index < -0.39 is 5.97 Å². The minimum absolute atomic E-state index is 0.150. The topological polar surface area (TPSA) is 85.9 Å². The number of nitrogens with zero attached hydrogens (tertiary/aromatic N) is 3. The summed E-state index contributed by atoms with van der Waals surface area (Å²) in [5, 5.41) is 25.5. The number of ether oxygens (including phenoxy) is 1. The molecule has 6 nitrogen and oxygen atoms in total. The lowest BCUT2D eigenvalue weighted by Crippen LogP contribution is -2.43. The van der Waals surface area contributed by atoms with Gasteiger partial charge in [-0.15, -0.1) is 0 Å².